The van der Waals surface area contributed by atoms with Gasteiger partial charge in [0.15, 0.2) is 0 Å². The van der Waals surface area contributed by atoms with Crippen LogP contribution in [0.25, 0.3) is 11.5 Å². The number of hydrogen-bond donors (Lipinski definition) is 1. The summed E-state index contributed by atoms with van der Waals surface area (Å²) in [5, 5.41) is 10.9. The lowest BCUT2D eigenvalue weighted by atomic mass is 10.1. The van der Waals surface area contributed by atoms with Gasteiger partial charge in [-0.25, -0.2) is 0 Å². The number of carbonyl (C=O) groups is 1. The molecule has 0 aliphatic rings. The summed E-state index contributed by atoms with van der Waals surface area (Å²) in [4.78, 5) is 12.1. The van der Waals surface area contributed by atoms with Crippen LogP contribution in [-0.2, 0) is 11.3 Å². The van der Waals surface area contributed by atoms with E-state index in [0.717, 1.165) is 16.7 Å². The van der Waals surface area contributed by atoms with Crippen molar-refractivity contribution in [2.24, 2.45) is 0 Å². The topological polar surface area (TPSA) is 81.2 Å². The Bertz CT molecular complexity index is 838. The molecule has 1 atom stereocenters. The second-order valence-electron chi connectivity index (χ2n) is 5.81. The summed E-state index contributed by atoms with van der Waals surface area (Å²) >= 11 is 1.23. The van der Waals surface area contributed by atoms with E-state index in [2.05, 4.69) is 21.6 Å². The van der Waals surface area contributed by atoms with Gasteiger partial charge in [-0.2, -0.15) is 0 Å². The van der Waals surface area contributed by atoms with Crippen molar-refractivity contribution < 1.29 is 13.6 Å². The lowest BCUT2D eigenvalue weighted by Crippen LogP contribution is -2.30. The highest BCUT2D eigenvalue weighted by molar-refractivity contribution is 8.00. The Morgan fingerprint density at radius 2 is 2.00 bits per heavy atom. The average molecular weight is 357 g/mol. The largest absolute Gasteiger partial charge is 0.467 e. The molecule has 0 radical (unpaired) electrons. The highest BCUT2D eigenvalue weighted by atomic mass is 32.2. The molecule has 0 saturated carbocycles. The number of nitrogens with one attached hydrogen (secondary N) is 1. The molecule has 3 rings (SSSR count). The van der Waals surface area contributed by atoms with E-state index in [1.54, 1.807) is 19.3 Å². The van der Waals surface area contributed by atoms with Crippen molar-refractivity contribution in [2.75, 3.05) is 0 Å². The van der Waals surface area contributed by atoms with Crippen molar-refractivity contribution in [3.8, 4) is 11.5 Å². The van der Waals surface area contributed by atoms with E-state index in [1.807, 2.05) is 32.0 Å². The molecule has 6 nitrogen and oxygen atoms in total. The van der Waals surface area contributed by atoms with Gasteiger partial charge in [-0.05, 0) is 45.0 Å². The lowest BCUT2D eigenvalue weighted by Gasteiger charge is -2.08. The molecule has 0 spiro atoms. The first-order valence-corrected chi connectivity index (χ1v) is 8.78. The molecule has 0 bridgehead atoms. The molecule has 130 valence electrons. The lowest BCUT2D eigenvalue weighted by molar-refractivity contribution is -0.120. The summed E-state index contributed by atoms with van der Waals surface area (Å²) < 4.78 is 10.9. The zero-order valence-corrected chi connectivity index (χ0v) is 15.1. The molecule has 7 heteroatoms. The van der Waals surface area contributed by atoms with Crippen LogP contribution in [0.3, 0.4) is 0 Å². The van der Waals surface area contributed by atoms with Crippen molar-refractivity contribution >= 4 is 17.7 Å². The van der Waals surface area contributed by atoms with Crippen molar-refractivity contribution in [1.82, 2.24) is 15.5 Å². The number of amides is 1. The third kappa shape index (κ3) is 4.51. The molecular formula is C18H19N3O3S. The van der Waals surface area contributed by atoms with Gasteiger partial charge in [-0.15, -0.1) is 10.2 Å². The summed E-state index contributed by atoms with van der Waals surface area (Å²) in [5.74, 6) is 1.05. The molecule has 3 aromatic rings. The molecule has 1 N–H and O–H groups in total. The number of aryl methyl sites for hydroxylation is 2. The zero-order chi connectivity index (χ0) is 17.8. The van der Waals surface area contributed by atoms with Crippen molar-refractivity contribution in [1.29, 1.82) is 0 Å². The average Bonchev–Trinajstić information content (AvgIpc) is 3.23. The fraction of sp³-hybridized carbons (Fsp3) is 0.278. The molecule has 0 fully saturated rings. The van der Waals surface area contributed by atoms with E-state index in [-0.39, 0.29) is 11.2 Å². The van der Waals surface area contributed by atoms with Gasteiger partial charge in [-0.1, -0.05) is 29.0 Å². The first-order valence-electron chi connectivity index (χ1n) is 7.90. The number of nitrogens with zero attached hydrogens (tertiary/aromatic N) is 2. The third-order valence-corrected chi connectivity index (χ3v) is 4.47. The Labute approximate surface area is 150 Å². The molecule has 1 aromatic carbocycles. The van der Waals surface area contributed by atoms with Crippen molar-refractivity contribution in [3.63, 3.8) is 0 Å². The maximum absolute atomic E-state index is 12.1. The van der Waals surface area contributed by atoms with Gasteiger partial charge in [0.05, 0.1) is 18.1 Å². The predicted octanol–water partition coefficient (Wildman–Crippen LogP) is 3.74. The van der Waals surface area contributed by atoms with Gasteiger partial charge in [0.2, 0.25) is 11.8 Å². The predicted molar refractivity (Wildman–Crippen MR) is 95.1 cm³/mol. The molecule has 1 amide bonds. The highest BCUT2D eigenvalue weighted by Crippen LogP contribution is 2.27. The first kappa shape index (κ1) is 17.3. The number of rotatable bonds is 6. The molecule has 25 heavy (non-hydrogen) atoms. The van der Waals surface area contributed by atoms with E-state index in [1.165, 1.54) is 11.8 Å². The Kier molecular flexibility index (Phi) is 5.23. The number of thioether (sulfide) groups is 1. The molecule has 0 unspecified atom stereocenters. The van der Waals surface area contributed by atoms with Crippen LogP contribution in [0.4, 0.5) is 0 Å². The van der Waals surface area contributed by atoms with Crippen LogP contribution in [-0.4, -0.2) is 21.4 Å². The minimum atomic E-state index is -0.359. The van der Waals surface area contributed by atoms with E-state index in [4.69, 9.17) is 8.83 Å². The van der Waals surface area contributed by atoms with Gasteiger partial charge in [-0.3, -0.25) is 4.79 Å². The third-order valence-electron chi connectivity index (χ3n) is 3.54. The monoisotopic (exact) mass is 357 g/mol. The number of carbonyl (C=O) groups excluding carboxylic acids is 1. The maximum Gasteiger partial charge on any atom is 0.277 e. The van der Waals surface area contributed by atoms with E-state index in [9.17, 15) is 4.79 Å². The van der Waals surface area contributed by atoms with Gasteiger partial charge in [0.25, 0.3) is 5.22 Å². The summed E-state index contributed by atoms with van der Waals surface area (Å²) in [7, 11) is 0. The summed E-state index contributed by atoms with van der Waals surface area (Å²) in [6.07, 6.45) is 1.58. The van der Waals surface area contributed by atoms with Crippen molar-refractivity contribution in [2.45, 2.75) is 37.8 Å². The second-order valence-corrected chi connectivity index (χ2v) is 7.10. The summed E-state index contributed by atoms with van der Waals surface area (Å²) in [6.45, 7) is 6.19. The van der Waals surface area contributed by atoms with Crippen LogP contribution in [0.2, 0.25) is 0 Å². The molecule has 0 saturated heterocycles. The van der Waals surface area contributed by atoms with E-state index in [0.29, 0.717) is 23.4 Å². The quantitative estimate of drug-likeness (QED) is 0.677. The van der Waals surface area contributed by atoms with Crippen LogP contribution < -0.4 is 5.32 Å². The normalized spacial score (nSPS) is 12.1. The van der Waals surface area contributed by atoms with Crippen LogP contribution in [0.1, 0.15) is 23.8 Å². The Balaban J connectivity index is 1.61. The highest BCUT2D eigenvalue weighted by Gasteiger charge is 2.19. The zero-order valence-electron chi connectivity index (χ0n) is 14.3. The van der Waals surface area contributed by atoms with Gasteiger partial charge in [0.1, 0.15) is 5.76 Å². The number of benzene rings is 1. The number of furan rings is 1. The number of hydrogen-bond acceptors (Lipinski definition) is 6. The molecule has 0 aliphatic carbocycles. The van der Waals surface area contributed by atoms with Gasteiger partial charge >= 0.3 is 0 Å². The summed E-state index contributed by atoms with van der Waals surface area (Å²) in [5.41, 5.74) is 3.15. The molecule has 0 aliphatic heterocycles. The van der Waals surface area contributed by atoms with Gasteiger partial charge in [0, 0.05) is 5.56 Å². The standard InChI is InChI=1S/C18H19N3O3S/c1-11-7-12(2)9-14(8-11)17-20-21-18(24-17)25-13(3)16(22)19-10-15-5-4-6-23-15/h4-9,13H,10H2,1-3H3,(H,19,22)/t13-/m0/s1. The number of aromatic nitrogens is 2. The van der Waals surface area contributed by atoms with Crippen LogP contribution in [0.15, 0.2) is 50.7 Å². The Morgan fingerprint density at radius 1 is 1.24 bits per heavy atom. The van der Waals surface area contributed by atoms with Crippen LogP contribution in [0.5, 0.6) is 0 Å². The smallest absolute Gasteiger partial charge is 0.277 e. The maximum atomic E-state index is 12.1. The van der Waals surface area contributed by atoms with Crippen LogP contribution >= 0.6 is 11.8 Å². The van der Waals surface area contributed by atoms with E-state index >= 15 is 0 Å². The Hall–Kier alpha value is -2.54. The fourth-order valence-electron chi connectivity index (χ4n) is 2.41. The summed E-state index contributed by atoms with van der Waals surface area (Å²) in [6, 6.07) is 9.67. The van der Waals surface area contributed by atoms with Crippen LogP contribution in [0, 0.1) is 13.8 Å². The van der Waals surface area contributed by atoms with E-state index < -0.39 is 0 Å². The van der Waals surface area contributed by atoms with Gasteiger partial charge < -0.3 is 14.2 Å². The SMILES string of the molecule is Cc1cc(C)cc(-c2nnc(S[C@@H](C)C(=O)NCc3ccco3)o2)c1. The minimum absolute atomic E-state index is 0.118. The van der Waals surface area contributed by atoms with Crippen molar-refractivity contribution in [3.05, 3.63) is 53.5 Å². The Morgan fingerprint density at radius 3 is 2.68 bits per heavy atom. The molecule has 2 aromatic heterocycles. The second kappa shape index (κ2) is 7.57. The fourth-order valence-corrected chi connectivity index (χ4v) is 3.12. The minimum Gasteiger partial charge on any atom is -0.467 e. The first-order chi connectivity index (χ1) is 12.0. The molecular weight excluding hydrogens is 338 g/mol. The molecule has 2 heterocycles.